The van der Waals surface area contributed by atoms with Crippen molar-refractivity contribution in [2.75, 3.05) is 0 Å². The number of aliphatic hydroxyl groups is 1. The summed E-state index contributed by atoms with van der Waals surface area (Å²) in [4.78, 5) is 0. The molecule has 19 heavy (non-hydrogen) atoms. The van der Waals surface area contributed by atoms with E-state index in [9.17, 15) is 18.3 Å². The van der Waals surface area contributed by atoms with Gasteiger partial charge in [0.1, 0.15) is 11.9 Å². The maximum Gasteiger partial charge on any atom is 0.161 e. The highest BCUT2D eigenvalue weighted by molar-refractivity contribution is 5.27. The third-order valence-corrected chi connectivity index (χ3v) is 2.88. The average molecular weight is 267 g/mol. The van der Waals surface area contributed by atoms with Gasteiger partial charge in [-0.2, -0.15) is 0 Å². The lowest BCUT2D eigenvalue weighted by Crippen LogP contribution is -2.20. The first kappa shape index (κ1) is 13.6. The summed E-state index contributed by atoms with van der Waals surface area (Å²) in [5.74, 6) is -3.56. The van der Waals surface area contributed by atoms with Gasteiger partial charge in [0.15, 0.2) is 11.6 Å². The van der Waals surface area contributed by atoms with Crippen molar-refractivity contribution in [3.05, 3.63) is 71.0 Å². The summed E-state index contributed by atoms with van der Waals surface area (Å²) in [5.41, 5.74) is 6.00. The molecule has 0 aliphatic rings. The van der Waals surface area contributed by atoms with Crippen LogP contribution in [-0.4, -0.2) is 5.11 Å². The van der Waals surface area contributed by atoms with E-state index in [1.54, 1.807) is 30.3 Å². The van der Waals surface area contributed by atoms with Crippen molar-refractivity contribution >= 4 is 0 Å². The van der Waals surface area contributed by atoms with Gasteiger partial charge in [-0.1, -0.05) is 30.3 Å². The van der Waals surface area contributed by atoms with Crippen molar-refractivity contribution in [1.82, 2.24) is 0 Å². The fraction of sp³-hybridized carbons (Fsp3) is 0.143. The van der Waals surface area contributed by atoms with Gasteiger partial charge in [0, 0.05) is 11.6 Å². The summed E-state index contributed by atoms with van der Waals surface area (Å²) < 4.78 is 39.4. The number of halogens is 3. The van der Waals surface area contributed by atoms with Crippen LogP contribution in [0.15, 0.2) is 42.5 Å². The molecule has 2 nitrogen and oxygen atoms in total. The van der Waals surface area contributed by atoms with Gasteiger partial charge in [0.2, 0.25) is 0 Å². The van der Waals surface area contributed by atoms with Crippen LogP contribution >= 0.6 is 0 Å². The lowest BCUT2D eigenvalue weighted by Gasteiger charge is -2.20. The Morgan fingerprint density at radius 3 is 2.11 bits per heavy atom. The number of hydrogen-bond acceptors (Lipinski definition) is 2. The van der Waals surface area contributed by atoms with Gasteiger partial charge in [0.25, 0.3) is 0 Å². The monoisotopic (exact) mass is 267 g/mol. The van der Waals surface area contributed by atoms with E-state index in [1.165, 1.54) is 0 Å². The summed E-state index contributed by atoms with van der Waals surface area (Å²) in [7, 11) is 0. The molecule has 0 saturated carbocycles. The van der Waals surface area contributed by atoms with E-state index in [1.807, 2.05) is 0 Å². The average Bonchev–Trinajstić information content (AvgIpc) is 2.42. The SMILES string of the molecule is NC(c1ccccc1)C(O)c1cc(F)c(F)cc1F. The van der Waals surface area contributed by atoms with Crippen molar-refractivity contribution in [1.29, 1.82) is 0 Å². The molecule has 2 unspecified atom stereocenters. The fourth-order valence-electron chi connectivity index (χ4n) is 1.82. The topological polar surface area (TPSA) is 46.2 Å². The van der Waals surface area contributed by atoms with Crippen LogP contribution in [0, 0.1) is 17.5 Å². The minimum atomic E-state index is -1.46. The van der Waals surface area contributed by atoms with E-state index in [-0.39, 0.29) is 5.56 Å². The predicted molar refractivity (Wildman–Crippen MR) is 64.6 cm³/mol. The van der Waals surface area contributed by atoms with Crippen LogP contribution in [0.5, 0.6) is 0 Å². The Hall–Kier alpha value is -1.85. The third-order valence-electron chi connectivity index (χ3n) is 2.88. The minimum Gasteiger partial charge on any atom is -0.386 e. The first-order chi connectivity index (χ1) is 9.00. The summed E-state index contributed by atoms with van der Waals surface area (Å²) in [6, 6.07) is 8.59. The summed E-state index contributed by atoms with van der Waals surface area (Å²) >= 11 is 0. The maximum absolute atomic E-state index is 13.5. The van der Waals surface area contributed by atoms with Gasteiger partial charge in [-0.15, -0.1) is 0 Å². The van der Waals surface area contributed by atoms with Gasteiger partial charge in [-0.3, -0.25) is 0 Å². The minimum absolute atomic E-state index is 0.366. The van der Waals surface area contributed by atoms with E-state index in [0.29, 0.717) is 17.7 Å². The van der Waals surface area contributed by atoms with Gasteiger partial charge >= 0.3 is 0 Å². The molecule has 2 atom stereocenters. The van der Waals surface area contributed by atoms with Crippen molar-refractivity contribution < 1.29 is 18.3 Å². The van der Waals surface area contributed by atoms with E-state index in [0.717, 1.165) is 0 Å². The number of benzene rings is 2. The first-order valence-corrected chi connectivity index (χ1v) is 5.63. The van der Waals surface area contributed by atoms with Crippen LogP contribution in [-0.2, 0) is 0 Å². The van der Waals surface area contributed by atoms with E-state index >= 15 is 0 Å². The molecule has 0 fully saturated rings. The highest BCUT2D eigenvalue weighted by atomic mass is 19.2. The smallest absolute Gasteiger partial charge is 0.161 e. The third kappa shape index (κ3) is 2.77. The number of nitrogens with two attached hydrogens (primary N) is 1. The Morgan fingerprint density at radius 2 is 1.47 bits per heavy atom. The largest absolute Gasteiger partial charge is 0.386 e. The first-order valence-electron chi connectivity index (χ1n) is 5.63. The van der Waals surface area contributed by atoms with Crippen molar-refractivity contribution in [2.24, 2.45) is 5.73 Å². The lowest BCUT2D eigenvalue weighted by molar-refractivity contribution is 0.142. The maximum atomic E-state index is 13.5. The van der Waals surface area contributed by atoms with Gasteiger partial charge < -0.3 is 10.8 Å². The van der Waals surface area contributed by atoms with Crippen LogP contribution in [0.3, 0.4) is 0 Å². The molecule has 0 amide bonds. The molecule has 5 heteroatoms. The Morgan fingerprint density at radius 1 is 0.895 bits per heavy atom. The molecular formula is C14H12F3NO. The van der Waals surface area contributed by atoms with Crippen LogP contribution < -0.4 is 5.73 Å². The van der Waals surface area contributed by atoms with E-state index in [2.05, 4.69) is 0 Å². The molecule has 0 aromatic heterocycles. The molecule has 0 aliphatic carbocycles. The summed E-state index contributed by atoms with van der Waals surface area (Å²) in [6.45, 7) is 0. The highest BCUT2D eigenvalue weighted by Crippen LogP contribution is 2.29. The molecule has 0 saturated heterocycles. The predicted octanol–water partition coefficient (Wildman–Crippen LogP) is 2.84. The number of rotatable bonds is 3. The molecule has 0 aliphatic heterocycles. The van der Waals surface area contributed by atoms with Gasteiger partial charge in [-0.05, 0) is 11.6 Å². The Kier molecular flexibility index (Phi) is 3.87. The van der Waals surface area contributed by atoms with Crippen molar-refractivity contribution in [3.63, 3.8) is 0 Å². The molecule has 2 aromatic carbocycles. The zero-order valence-corrected chi connectivity index (χ0v) is 9.85. The van der Waals surface area contributed by atoms with Crippen molar-refractivity contribution in [2.45, 2.75) is 12.1 Å². The second-order valence-electron chi connectivity index (χ2n) is 4.17. The number of hydrogen-bond donors (Lipinski definition) is 2. The fourth-order valence-corrected chi connectivity index (χ4v) is 1.82. The van der Waals surface area contributed by atoms with Crippen LogP contribution in [0.2, 0.25) is 0 Å². The Balaban J connectivity index is 2.34. The van der Waals surface area contributed by atoms with Gasteiger partial charge in [-0.25, -0.2) is 13.2 Å². The second kappa shape index (κ2) is 5.42. The molecule has 0 heterocycles. The standard InChI is InChI=1S/C14H12F3NO/c15-10-7-12(17)11(16)6-9(10)14(19)13(18)8-4-2-1-3-5-8/h1-7,13-14,19H,18H2. The summed E-state index contributed by atoms with van der Waals surface area (Å²) in [5, 5.41) is 9.98. The molecule has 2 rings (SSSR count). The Labute approximate surface area is 108 Å². The van der Waals surface area contributed by atoms with Crippen LogP contribution in [0.4, 0.5) is 13.2 Å². The second-order valence-corrected chi connectivity index (χ2v) is 4.17. The highest BCUT2D eigenvalue weighted by Gasteiger charge is 2.23. The molecular weight excluding hydrogens is 255 g/mol. The lowest BCUT2D eigenvalue weighted by atomic mass is 9.96. The molecule has 0 radical (unpaired) electrons. The van der Waals surface area contributed by atoms with Crippen LogP contribution in [0.25, 0.3) is 0 Å². The summed E-state index contributed by atoms with van der Waals surface area (Å²) in [6.07, 6.45) is -1.46. The zero-order valence-electron chi connectivity index (χ0n) is 9.85. The van der Waals surface area contributed by atoms with Crippen molar-refractivity contribution in [3.8, 4) is 0 Å². The quantitative estimate of drug-likeness (QED) is 0.840. The van der Waals surface area contributed by atoms with E-state index < -0.39 is 29.6 Å². The molecule has 0 bridgehead atoms. The molecule has 100 valence electrons. The molecule has 3 N–H and O–H groups in total. The zero-order chi connectivity index (χ0) is 14.0. The molecule has 0 spiro atoms. The van der Waals surface area contributed by atoms with Crippen LogP contribution in [0.1, 0.15) is 23.3 Å². The van der Waals surface area contributed by atoms with E-state index in [4.69, 9.17) is 5.73 Å². The molecule has 2 aromatic rings. The Bertz CT molecular complexity index is 574. The number of aliphatic hydroxyl groups excluding tert-OH is 1. The van der Waals surface area contributed by atoms with Gasteiger partial charge in [0.05, 0.1) is 6.04 Å². The normalized spacial score (nSPS) is 14.2.